The zero-order chi connectivity index (χ0) is 17.4. The highest BCUT2D eigenvalue weighted by molar-refractivity contribution is 5.77. The summed E-state index contributed by atoms with van der Waals surface area (Å²) in [6, 6.07) is 7.90. The summed E-state index contributed by atoms with van der Waals surface area (Å²) < 4.78 is 0. The number of imidazole rings is 1. The molecule has 5 heteroatoms. The van der Waals surface area contributed by atoms with Crippen molar-refractivity contribution < 1.29 is 4.79 Å². The van der Waals surface area contributed by atoms with Crippen LogP contribution in [0.4, 0.5) is 0 Å². The molecule has 0 fully saturated rings. The van der Waals surface area contributed by atoms with Crippen LogP contribution in [0.3, 0.4) is 0 Å². The van der Waals surface area contributed by atoms with Crippen molar-refractivity contribution >= 4 is 16.9 Å². The molecule has 2 rings (SSSR count). The topological polar surface area (TPSA) is 83.8 Å². The molecular formula is C19H30N4O. The van der Waals surface area contributed by atoms with Crippen LogP contribution in [0.15, 0.2) is 24.3 Å². The first-order chi connectivity index (χ1) is 11.6. The molecule has 0 bridgehead atoms. The first-order valence-corrected chi connectivity index (χ1v) is 9.04. The number of aromatic amines is 1. The second kappa shape index (κ2) is 9.42. The van der Waals surface area contributed by atoms with E-state index >= 15 is 0 Å². The summed E-state index contributed by atoms with van der Waals surface area (Å²) in [6.07, 6.45) is 5.56. The third-order valence-corrected chi connectivity index (χ3v) is 4.14. The molecule has 0 saturated heterocycles. The van der Waals surface area contributed by atoms with Crippen LogP contribution in [-0.4, -0.2) is 22.4 Å². The van der Waals surface area contributed by atoms with Gasteiger partial charge in [0.05, 0.1) is 17.1 Å². The quantitative estimate of drug-likeness (QED) is 0.581. The van der Waals surface area contributed by atoms with Gasteiger partial charge >= 0.3 is 0 Å². The summed E-state index contributed by atoms with van der Waals surface area (Å²) in [5.74, 6) is 1.43. The number of aromatic nitrogens is 2. The minimum absolute atomic E-state index is 0.0612. The van der Waals surface area contributed by atoms with E-state index in [1.165, 1.54) is 0 Å². The largest absolute Gasteiger partial charge is 0.346 e. The van der Waals surface area contributed by atoms with E-state index in [9.17, 15) is 4.79 Å². The van der Waals surface area contributed by atoms with Crippen LogP contribution in [0.25, 0.3) is 11.0 Å². The van der Waals surface area contributed by atoms with Crippen molar-refractivity contribution in [3.05, 3.63) is 30.1 Å². The molecule has 5 nitrogen and oxygen atoms in total. The average Bonchev–Trinajstić information content (AvgIpc) is 2.97. The number of H-pyrrole nitrogens is 1. The molecule has 1 aromatic heterocycles. The Morgan fingerprint density at radius 1 is 1.21 bits per heavy atom. The molecule has 2 aromatic rings. The number of fused-ring (bicyclic) bond motifs is 1. The third kappa shape index (κ3) is 5.64. The minimum Gasteiger partial charge on any atom is -0.346 e. The summed E-state index contributed by atoms with van der Waals surface area (Å²) in [5, 5.41) is 3.16. The van der Waals surface area contributed by atoms with Crippen molar-refractivity contribution in [2.45, 2.75) is 58.4 Å². The Morgan fingerprint density at radius 2 is 1.96 bits per heavy atom. The predicted octanol–water partition coefficient (Wildman–Crippen LogP) is 3.68. The molecule has 0 aliphatic carbocycles. The van der Waals surface area contributed by atoms with Gasteiger partial charge in [0.25, 0.3) is 0 Å². The maximum atomic E-state index is 12.3. The van der Waals surface area contributed by atoms with Crippen LogP contribution in [-0.2, 0) is 4.79 Å². The van der Waals surface area contributed by atoms with Crippen molar-refractivity contribution in [3.8, 4) is 0 Å². The standard InChI is InChI=1S/C19H30N4O/c1-14(2)13-17(21-18(24)11-5-3-4-8-12-20)19-22-15-9-6-7-10-16(15)23-19/h6-7,9-10,14,17H,3-5,8,11-13,20H2,1-2H3,(H,21,24)(H,22,23). The molecule has 0 saturated carbocycles. The fraction of sp³-hybridized carbons (Fsp3) is 0.579. The van der Waals surface area contributed by atoms with Crippen LogP contribution in [0, 0.1) is 5.92 Å². The number of unbranched alkanes of at least 4 members (excludes halogenated alkanes) is 3. The number of hydrogen-bond donors (Lipinski definition) is 3. The highest BCUT2D eigenvalue weighted by Gasteiger charge is 2.19. The maximum absolute atomic E-state index is 12.3. The molecule has 0 aliphatic rings. The lowest BCUT2D eigenvalue weighted by Crippen LogP contribution is -2.30. The first kappa shape index (κ1) is 18.5. The van der Waals surface area contributed by atoms with E-state index in [-0.39, 0.29) is 11.9 Å². The SMILES string of the molecule is CC(C)CC(NC(=O)CCCCCCN)c1nc2ccccc2[nH]1. The van der Waals surface area contributed by atoms with Crippen LogP contribution < -0.4 is 11.1 Å². The lowest BCUT2D eigenvalue weighted by molar-refractivity contribution is -0.122. The molecule has 24 heavy (non-hydrogen) atoms. The lowest BCUT2D eigenvalue weighted by Gasteiger charge is -2.18. The number of benzene rings is 1. The molecule has 0 radical (unpaired) electrons. The molecule has 0 spiro atoms. The molecule has 1 heterocycles. The molecular weight excluding hydrogens is 300 g/mol. The monoisotopic (exact) mass is 330 g/mol. The molecule has 4 N–H and O–H groups in total. The molecule has 0 aliphatic heterocycles. The summed E-state index contributed by atoms with van der Waals surface area (Å²) in [6.45, 7) is 5.05. The lowest BCUT2D eigenvalue weighted by atomic mass is 10.0. The highest BCUT2D eigenvalue weighted by atomic mass is 16.1. The van der Waals surface area contributed by atoms with Crippen molar-refractivity contribution in [3.63, 3.8) is 0 Å². The van der Waals surface area contributed by atoms with Gasteiger partial charge in [-0.25, -0.2) is 4.98 Å². The molecule has 1 atom stereocenters. The fourth-order valence-corrected chi connectivity index (χ4v) is 2.90. The van der Waals surface area contributed by atoms with Gasteiger partial charge in [-0.3, -0.25) is 4.79 Å². The average molecular weight is 330 g/mol. The van der Waals surface area contributed by atoms with Gasteiger partial charge in [0, 0.05) is 6.42 Å². The molecule has 1 amide bonds. The van der Waals surface area contributed by atoms with Crippen molar-refractivity contribution in [2.75, 3.05) is 6.54 Å². The van der Waals surface area contributed by atoms with Gasteiger partial charge in [-0.1, -0.05) is 38.8 Å². The van der Waals surface area contributed by atoms with Gasteiger partial charge < -0.3 is 16.0 Å². The third-order valence-electron chi connectivity index (χ3n) is 4.14. The first-order valence-electron chi connectivity index (χ1n) is 9.04. The second-order valence-corrected chi connectivity index (χ2v) is 6.84. The maximum Gasteiger partial charge on any atom is 0.220 e. The minimum atomic E-state index is -0.0612. The Morgan fingerprint density at radius 3 is 2.67 bits per heavy atom. The highest BCUT2D eigenvalue weighted by Crippen LogP contribution is 2.22. The summed E-state index contributed by atoms with van der Waals surface area (Å²) in [7, 11) is 0. The van der Waals surface area contributed by atoms with E-state index < -0.39 is 0 Å². The van der Waals surface area contributed by atoms with E-state index in [1.807, 2.05) is 24.3 Å². The molecule has 1 unspecified atom stereocenters. The van der Waals surface area contributed by atoms with Crippen molar-refractivity contribution in [1.82, 2.24) is 15.3 Å². The molecule has 132 valence electrons. The van der Waals surface area contributed by atoms with E-state index in [4.69, 9.17) is 5.73 Å². The number of carbonyl (C=O) groups excluding carboxylic acids is 1. The van der Waals surface area contributed by atoms with Crippen molar-refractivity contribution in [1.29, 1.82) is 0 Å². The van der Waals surface area contributed by atoms with Crippen molar-refractivity contribution in [2.24, 2.45) is 11.7 Å². The van der Waals surface area contributed by atoms with Gasteiger partial charge in [0.2, 0.25) is 5.91 Å². The Labute approximate surface area is 144 Å². The van der Waals surface area contributed by atoms with Gasteiger partial charge in [0.1, 0.15) is 5.82 Å². The Hall–Kier alpha value is -1.88. The van der Waals surface area contributed by atoms with Gasteiger partial charge in [-0.05, 0) is 43.9 Å². The van der Waals surface area contributed by atoms with E-state index in [0.717, 1.165) is 55.5 Å². The normalized spacial score (nSPS) is 12.7. The number of para-hydroxylation sites is 2. The summed E-state index contributed by atoms with van der Waals surface area (Å²) in [4.78, 5) is 20.3. The van der Waals surface area contributed by atoms with E-state index in [1.54, 1.807) is 0 Å². The number of hydrogen-bond acceptors (Lipinski definition) is 3. The number of carbonyl (C=O) groups is 1. The zero-order valence-corrected chi connectivity index (χ0v) is 14.8. The summed E-state index contributed by atoms with van der Waals surface area (Å²) >= 11 is 0. The van der Waals surface area contributed by atoms with Gasteiger partial charge in [-0.2, -0.15) is 0 Å². The Kier molecular flexibility index (Phi) is 7.25. The number of nitrogens with two attached hydrogens (primary N) is 1. The number of amides is 1. The molecule has 1 aromatic carbocycles. The smallest absolute Gasteiger partial charge is 0.220 e. The van der Waals surface area contributed by atoms with Gasteiger partial charge in [0.15, 0.2) is 0 Å². The predicted molar refractivity (Wildman–Crippen MR) is 98.6 cm³/mol. The Balaban J connectivity index is 1.96. The van der Waals surface area contributed by atoms with Crippen LogP contribution in [0.5, 0.6) is 0 Å². The zero-order valence-electron chi connectivity index (χ0n) is 14.8. The van der Waals surface area contributed by atoms with Crippen LogP contribution in [0.1, 0.15) is 64.2 Å². The number of nitrogens with zero attached hydrogens (tertiary/aromatic N) is 1. The van der Waals surface area contributed by atoms with Gasteiger partial charge in [-0.15, -0.1) is 0 Å². The fourth-order valence-electron chi connectivity index (χ4n) is 2.90. The summed E-state index contributed by atoms with van der Waals surface area (Å²) in [5.41, 5.74) is 7.44. The second-order valence-electron chi connectivity index (χ2n) is 6.84. The van der Waals surface area contributed by atoms with Crippen LogP contribution in [0.2, 0.25) is 0 Å². The van der Waals surface area contributed by atoms with Crippen LogP contribution >= 0.6 is 0 Å². The Bertz CT molecular complexity index is 602. The number of nitrogens with one attached hydrogen (secondary N) is 2. The van der Waals surface area contributed by atoms with E-state index in [0.29, 0.717) is 12.3 Å². The van der Waals surface area contributed by atoms with E-state index in [2.05, 4.69) is 29.1 Å². The number of rotatable bonds is 10.